The second-order valence-electron chi connectivity index (χ2n) is 3.79. The Morgan fingerprint density at radius 1 is 1.30 bits per heavy atom. The Balaban J connectivity index is 2.43. The van der Waals surface area contributed by atoms with Crippen molar-refractivity contribution in [2.75, 3.05) is 4.72 Å². The summed E-state index contributed by atoms with van der Waals surface area (Å²) in [6.07, 6.45) is 2.52. The first-order chi connectivity index (χ1) is 9.40. The van der Waals surface area contributed by atoms with Crippen molar-refractivity contribution in [3.8, 4) is 0 Å². The highest BCUT2D eigenvalue weighted by Gasteiger charge is 2.19. The van der Waals surface area contributed by atoms with E-state index in [4.69, 9.17) is 5.11 Å². The van der Waals surface area contributed by atoms with Gasteiger partial charge in [0.05, 0.1) is 11.3 Å². The molecule has 2 rings (SSSR count). The summed E-state index contributed by atoms with van der Waals surface area (Å²) in [6, 6.07) is 5.49. The molecule has 0 aliphatic heterocycles. The normalized spacial score (nSPS) is 11.1. The zero-order valence-corrected chi connectivity index (χ0v) is 10.8. The van der Waals surface area contributed by atoms with Crippen molar-refractivity contribution in [2.24, 2.45) is 0 Å². The maximum Gasteiger partial charge on any atom is 0.337 e. The van der Waals surface area contributed by atoms with E-state index < -0.39 is 27.4 Å². The number of carbonyl (C=O) groups is 1. The van der Waals surface area contributed by atoms with Gasteiger partial charge in [0.25, 0.3) is 10.0 Å². The minimum Gasteiger partial charge on any atom is -0.478 e. The number of carboxylic acids is 1. The fraction of sp³-hybridized carbons (Fsp3) is 0. The first-order valence-electron chi connectivity index (χ1n) is 5.36. The van der Waals surface area contributed by atoms with Crippen LogP contribution in [0.5, 0.6) is 0 Å². The third-order valence-corrected chi connectivity index (χ3v) is 3.75. The summed E-state index contributed by atoms with van der Waals surface area (Å²) in [5.41, 5.74) is -0.694. The highest BCUT2D eigenvalue weighted by molar-refractivity contribution is 7.92. The summed E-state index contributed by atoms with van der Waals surface area (Å²) in [5, 5.41) is 8.94. The zero-order chi connectivity index (χ0) is 14.8. The van der Waals surface area contributed by atoms with E-state index in [1.165, 1.54) is 18.3 Å². The summed E-state index contributed by atoms with van der Waals surface area (Å²) in [7, 11) is -3.98. The number of pyridine rings is 1. The van der Waals surface area contributed by atoms with E-state index in [1.54, 1.807) is 0 Å². The van der Waals surface area contributed by atoms with Crippen molar-refractivity contribution in [2.45, 2.75) is 4.90 Å². The summed E-state index contributed by atoms with van der Waals surface area (Å²) in [6.45, 7) is 0. The van der Waals surface area contributed by atoms with Gasteiger partial charge >= 0.3 is 5.97 Å². The van der Waals surface area contributed by atoms with Crippen molar-refractivity contribution < 1.29 is 22.7 Å². The molecule has 1 heterocycles. The molecule has 0 aliphatic carbocycles. The molecule has 0 bridgehead atoms. The molecule has 6 nitrogen and oxygen atoms in total. The van der Waals surface area contributed by atoms with Gasteiger partial charge in [-0.3, -0.25) is 9.71 Å². The maximum atomic E-state index is 13.0. The highest BCUT2D eigenvalue weighted by atomic mass is 32.2. The van der Waals surface area contributed by atoms with E-state index in [-0.39, 0.29) is 10.6 Å². The lowest BCUT2D eigenvalue weighted by Crippen LogP contribution is -2.15. The van der Waals surface area contributed by atoms with Crippen molar-refractivity contribution in [3.63, 3.8) is 0 Å². The van der Waals surface area contributed by atoms with Gasteiger partial charge in [0.1, 0.15) is 10.7 Å². The first-order valence-corrected chi connectivity index (χ1v) is 6.84. The van der Waals surface area contributed by atoms with E-state index in [2.05, 4.69) is 9.71 Å². The lowest BCUT2D eigenvalue weighted by molar-refractivity contribution is 0.0697. The molecule has 0 unspecified atom stereocenters. The summed E-state index contributed by atoms with van der Waals surface area (Å²) < 4.78 is 39.2. The monoisotopic (exact) mass is 296 g/mol. The van der Waals surface area contributed by atoms with Crippen LogP contribution in [0.25, 0.3) is 0 Å². The van der Waals surface area contributed by atoms with Crippen LogP contribution in [-0.4, -0.2) is 24.5 Å². The van der Waals surface area contributed by atoms with Crippen LogP contribution in [0.4, 0.5) is 10.1 Å². The molecule has 104 valence electrons. The van der Waals surface area contributed by atoms with E-state index in [0.717, 1.165) is 24.4 Å². The minimum absolute atomic E-state index is 0.124. The highest BCUT2D eigenvalue weighted by Crippen LogP contribution is 2.21. The summed E-state index contributed by atoms with van der Waals surface area (Å²) in [4.78, 5) is 14.5. The number of carboxylic acid groups (broad SMARTS) is 1. The van der Waals surface area contributed by atoms with E-state index in [0.29, 0.717) is 0 Å². The molecule has 2 N–H and O–H groups in total. The second-order valence-corrected chi connectivity index (χ2v) is 5.47. The van der Waals surface area contributed by atoms with Crippen LogP contribution in [0.3, 0.4) is 0 Å². The van der Waals surface area contributed by atoms with Crippen molar-refractivity contribution in [3.05, 3.63) is 54.1 Å². The van der Waals surface area contributed by atoms with E-state index in [1.807, 2.05) is 0 Å². The Bertz CT molecular complexity index is 747. The minimum atomic E-state index is -3.98. The van der Waals surface area contributed by atoms with Gasteiger partial charge in [-0.2, -0.15) is 0 Å². The number of aromatic carboxylic acids is 1. The van der Waals surface area contributed by atoms with Crippen LogP contribution in [0.1, 0.15) is 10.4 Å². The average molecular weight is 296 g/mol. The van der Waals surface area contributed by atoms with Gasteiger partial charge in [-0.05, 0) is 30.3 Å². The molecular weight excluding hydrogens is 287 g/mol. The van der Waals surface area contributed by atoms with Crippen molar-refractivity contribution >= 4 is 21.7 Å². The molecule has 20 heavy (non-hydrogen) atoms. The third kappa shape index (κ3) is 2.91. The van der Waals surface area contributed by atoms with Gasteiger partial charge < -0.3 is 5.11 Å². The predicted octanol–water partition coefficient (Wildman–Crippen LogP) is 1.72. The number of nitrogens with one attached hydrogen (secondary N) is 1. The molecule has 0 aliphatic rings. The quantitative estimate of drug-likeness (QED) is 0.895. The van der Waals surface area contributed by atoms with E-state index >= 15 is 0 Å². The first kappa shape index (κ1) is 13.9. The Morgan fingerprint density at radius 3 is 2.65 bits per heavy atom. The van der Waals surface area contributed by atoms with Crippen molar-refractivity contribution in [1.29, 1.82) is 0 Å². The second kappa shape index (κ2) is 5.25. The molecule has 8 heteroatoms. The molecule has 0 spiro atoms. The fourth-order valence-electron chi connectivity index (χ4n) is 1.49. The third-order valence-electron chi connectivity index (χ3n) is 2.40. The Morgan fingerprint density at radius 2 is 2.05 bits per heavy atom. The predicted molar refractivity (Wildman–Crippen MR) is 68.4 cm³/mol. The lowest BCUT2D eigenvalue weighted by Gasteiger charge is -2.10. The number of aromatic nitrogens is 1. The van der Waals surface area contributed by atoms with Crippen LogP contribution in [0, 0.1) is 5.82 Å². The Kier molecular flexibility index (Phi) is 3.66. The number of halogens is 1. The molecule has 0 fully saturated rings. The van der Waals surface area contributed by atoms with Gasteiger partial charge in [0.2, 0.25) is 0 Å². The number of hydrogen-bond acceptors (Lipinski definition) is 4. The van der Waals surface area contributed by atoms with Gasteiger partial charge in [-0.15, -0.1) is 0 Å². The number of sulfonamides is 1. The molecule has 0 atom stereocenters. The van der Waals surface area contributed by atoms with Crippen LogP contribution < -0.4 is 4.72 Å². The number of rotatable bonds is 4. The van der Waals surface area contributed by atoms with Crippen molar-refractivity contribution in [1.82, 2.24) is 4.98 Å². The standard InChI is InChI=1S/C12H9FN2O4S/c13-8-3-4-11(10(6-8)12(16)17)15-20(18,19)9-2-1-5-14-7-9/h1-7,15H,(H,16,17). The molecular formula is C12H9FN2O4S. The van der Waals surface area contributed by atoms with Gasteiger partial charge in [-0.25, -0.2) is 17.6 Å². The van der Waals surface area contributed by atoms with Crippen LogP contribution in [0.2, 0.25) is 0 Å². The molecule has 1 aromatic carbocycles. The van der Waals surface area contributed by atoms with Crippen LogP contribution in [-0.2, 0) is 10.0 Å². The van der Waals surface area contributed by atoms with E-state index in [9.17, 15) is 17.6 Å². The average Bonchev–Trinajstić information content (AvgIpc) is 2.41. The van der Waals surface area contributed by atoms with Crippen LogP contribution in [0.15, 0.2) is 47.6 Å². The SMILES string of the molecule is O=C(O)c1cc(F)ccc1NS(=O)(=O)c1cccnc1. The van der Waals surface area contributed by atoms with Gasteiger partial charge in [0, 0.05) is 12.4 Å². The van der Waals surface area contributed by atoms with Gasteiger partial charge in [0.15, 0.2) is 0 Å². The Labute approximate surface area is 114 Å². The smallest absolute Gasteiger partial charge is 0.337 e. The number of anilines is 1. The molecule has 0 saturated carbocycles. The van der Waals surface area contributed by atoms with Gasteiger partial charge in [-0.1, -0.05) is 0 Å². The molecule has 0 radical (unpaired) electrons. The Hall–Kier alpha value is -2.48. The number of nitrogens with zero attached hydrogens (tertiary/aromatic N) is 1. The largest absolute Gasteiger partial charge is 0.478 e. The summed E-state index contributed by atoms with van der Waals surface area (Å²) >= 11 is 0. The lowest BCUT2D eigenvalue weighted by atomic mass is 10.2. The molecule has 2 aromatic rings. The summed E-state index contributed by atoms with van der Waals surface area (Å²) in [5.74, 6) is -2.21. The number of hydrogen-bond donors (Lipinski definition) is 2. The molecule has 0 amide bonds. The number of benzene rings is 1. The molecule has 0 saturated heterocycles. The van der Waals surface area contributed by atoms with Crippen LogP contribution >= 0.6 is 0 Å². The fourth-order valence-corrected chi connectivity index (χ4v) is 2.53. The topological polar surface area (TPSA) is 96.4 Å². The zero-order valence-electron chi connectivity index (χ0n) is 9.95. The molecule has 1 aromatic heterocycles. The maximum absolute atomic E-state index is 13.0.